The third-order valence-electron chi connectivity index (χ3n) is 5.56. The Balaban J connectivity index is 1.24. The molecule has 3 aromatic heterocycles. The molecular formula is C22H26N4OS2. The number of likely N-dealkylation sites (N-methyl/N-ethyl adjacent to an activating group) is 1. The Labute approximate surface area is 180 Å². The number of carbonyl (C=O) groups excluding carboxylic acids is 1. The summed E-state index contributed by atoms with van der Waals surface area (Å²) >= 11 is 3.28. The Morgan fingerprint density at radius 1 is 1.21 bits per heavy atom. The average molecular weight is 427 g/mol. The molecule has 0 radical (unpaired) electrons. The molecule has 1 fully saturated rings. The van der Waals surface area contributed by atoms with Crippen molar-refractivity contribution in [2.75, 3.05) is 26.7 Å². The molecule has 5 nitrogen and oxygen atoms in total. The highest BCUT2D eigenvalue weighted by Crippen LogP contribution is 2.26. The van der Waals surface area contributed by atoms with Gasteiger partial charge in [-0.25, -0.2) is 4.98 Å². The zero-order valence-corrected chi connectivity index (χ0v) is 18.3. The number of thiazole rings is 1. The van der Waals surface area contributed by atoms with Crippen LogP contribution < -0.4 is 0 Å². The normalized spacial score (nSPS) is 15.5. The standard InChI is InChI=1S/C22H26N4OS2/c1-25(21(27)14-19-16-29-22(24-19)17-8-13-28-15-17)20-6-11-26(12-7-20)10-5-18-4-2-3-9-23-18/h2-4,8-9,13,15-16,20H,5-7,10-12,14H2,1H3. The fourth-order valence-electron chi connectivity index (χ4n) is 3.74. The number of hydrogen-bond acceptors (Lipinski definition) is 6. The number of pyridine rings is 1. The number of thiophene rings is 1. The minimum atomic E-state index is 0.166. The lowest BCUT2D eigenvalue weighted by molar-refractivity contribution is -0.132. The average Bonchev–Trinajstić information content (AvgIpc) is 3.45. The molecule has 29 heavy (non-hydrogen) atoms. The van der Waals surface area contributed by atoms with Crippen LogP contribution in [0.5, 0.6) is 0 Å². The van der Waals surface area contributed by atoms with Crippen LogP contribution in [0, 0.1) is 0 Å². The van der Waals surface area contributed by atoms with Gasteiger partial charge in [0.25, 0.3) is 0 Å². The number of hydrogen-bond donors (Lipinski definition) is 0. The van der Waals surface area contributed by atoms with Crippen LogP contribution in [-0.2, 0) is 17.6 Å². The van der Waals surface area contributed by atoms with E-state index in [1.165, 1.54) is 0 Å². The molecule has 0 unspecified atom stereocenters. The van der Waals surface area contributed by atoms with Crippen molar-refractivity contribution in [2.24, 2.45) is 0 Å². The van der Waals surface area contributed by atoms with E-state index in [-0.39, 0.29) is 5.91 Å². The first kappa shape index (κ1) is 20.2. The Kier molecular flexibility index (Phi) is 6.69. The highest BCUT2D eigenvalue weighted by Gasteiger charge is 2.25. The summed E-state index contributed by atoms with van der Waals surface area (Å²) in [5.41, 5.74) is 3.16. The summed E-state index contributed by atoms with van der Waals surface area (Å²) in [7, 11) is 1.95. The van der Waals surface area contributed by atoms with Crippen LogP contribution in [0.25, 0.3) is 10.6 Å². The second kappa shape index (κ2) is 9.61. The molecular weight excluding hydrogens is 400 g/mol. The maximum atomic E-state index is 12.8. The molecule has 0 aliphatic carbocycles. The number of rotatable bonds is 7. The lowest BCUT2D eigenvalue weighted by Crippen LogP contribution is -2.46. The summed E-state index contributed by atoms with van der Waals surface area (Å²) in [6.45, 7) is 3.10. The molecule has 3 aromatic rings. The molecule has 0 aromatic carbocycles. The van der Waals surface area contributed by atoms with Crippen LogP contribution in [0.15, 0.2) is 46.6 Å². The molecule has 1 aliphatic rings. The largest absolute Gasteiger partial charge is 0.342 e. The summed E-state index contributed by atoms with van der Waals surface area (Å²) in [6.07, 6.45) is 5.28. The molecule has 4 heterocycles. The molecule has 0 N–H and O–H groups in total. The van der Waals surface area contributed by atoms with Gasteiger partial charge in [-0.15, -0.1) is 11.3 Å². The van der Waals surface area contributed by atoms with E-state index in [0.717, 1.165) is 60.9 Å². The smallest absolute Gasteiger partial charge is 0.228 e. The van der Waals surface area contributed by atoms with Crippen molar-refractivity contribution in [2.45, 2.75) is 31.7 Å². The van der Waals surface area contributed by atoms with Gasteiger partial charge in [-0.1, -0.05) is 6.07 Å². The van der Waals surface area contributed by atoms with Crippen LogP contribution in [0.3, 0.4) is 0 Å². The first-order valence-corrected chi connectivity index (χ1v) is 11.9. The van der Waals surface area contributed by atoms with Crippen LogP contribution >= 0.6 is 22.7 Å². The number of carbonyl (C=O) groups is 1. The maximum Gasteiger partial charge on any atom is 0.228 e. The third-order valence-corrected chi connectivity index (χ3v) is 7.18. The quantitative estimate of drug-likeness (QED) is 0.574. The summed E-state index contributed by atoms with van der Waals surface area (Å²) in [5.74, 6) is 0.166. The SMILES string of the molecule is CN(C(=O)Cc1csc(-c2ccsc2)n1)C1CCN(CCc2ccccn2)CC1. The van der Waals surface area contributed by atoms with Crippen molar-refractivity contribution >= 4 is 28.6 Å². The van der Waals surface area contributed by atoms with Gasteiger partial charge < -0.3 is 9.80 Å². The number of nitrogens with zero attached hydrogens (tertiary/aromatic N) is 4. The molecule has 0 spiro atoms. The van der Waals surface area contributed by atoms with Crippen molar-refractivity contribution < 1.29 is 4.79 Å². The van der Waals surface area contributed by atoms with E-state index in [9.17, 15) is 4.79 Å². The van der Waals surface area contributed by atoms with E-state index < -0.39 is 0 Å². The van der Waals surface area contributed by atoms with Gasteiger partial charge in [0.2, 0.25) is 5.91 Å². The van der Waals surface area contributed by atoms with Crippen molar-refractivity contribution in [1.29, 1.82) is 0 Å². The molecule has 0 bridgehead atoms. The van der Waals surface area contributed by atoms with Gasteiger partial charge in [-0.3, -0.25) is 9.78 Å². The minimum Gasteiger partial charge on any atom is -0.342 e. The van der Waals surface area contributed by atoms with Crippen LogP contribution in [-0.4, -0.2) is 58.4 Å². The molecule has 4 rings (SSSR count). The number of aromatic nitrogens is 2. The third kappa shape index (κ3) is 5.29. The highest BCUT2D eigenvalue weighted by atomic mass is 32.1. The van der Waals surface area contributed by atoms with Gasteiger partial charge in [0.05, 0.1) is 12.1 Å². The van der Waals surface area contributed by atoms with E-state index in [0.29, 0.717) is 12.5 Å². The minimum absolute atomic E-state index is 0.166. The summed E-state index contributed by atoms with van der Waals surface area (Å²) < 4.78 is 0. The molecule has 1 amide bonds. The van der Waals surface area contributed by atoms with Gasteiger partial charge in [0.1, 0.15) is 5.01 Å². The van der Waals surface area contributed by atoms with Crippen LogP contribution in [0.2, 0.25) is 0 Å². The Bertz CT molecular complexity index is 902. The predicted molar refractivity (Wildman–Crippen MR) is 119 cm³/mol. The van der Waals surface area contributed by atoms with E-state index in [4.69, 9.17) is 0 Å². The van der Waals surface area contributed by atoms with Crippen LogP contribution in [0.1, 0.15) is 24.2 Å². The lowest BCUT2D eigenvalue weighted by atomic mass is 10.0. The van der Waals surface area contributed by atoms with Gasteiger partial charge in [0, 0.05) is 67.4 Å². The van der Waals surface area contributed by atoms with Crippen LogP contribution in [0.4, 0.5) is 0 Å². The fraction of sp³-hybridized carbons (Fsp3) is 0.409. The fourth-order valence-corrected chi connectivity index (χ4v) is 5.27. The number of amides is 1. The Morgan fingerprint density at radius 3 is 2.79 bits per heavy atom. The monoisotopic (exact) mass is 426 g/mol. The lowest BCUT2D eigenvalue weighted by Gasteiger charge is -2.36. The van der Waals surface area contributed by atoms with Gasteiger partial charge >= 0.3 is 0 Å². The first-order valence-electron chi connectivity index (χ1n) is 10.0. The van der Waals surface area contributed by atoms with E-state index in [1.807, 2.05) is 35.7 Å². The molecule has 152 valence electrons. The van der Waals surface area contributed by atoms with Crippen molar-refractivity contribution in [1.82, 2.24) is 19.8 Å². The first-order chi connectivity index (χ1) is 14.2. The maximum absolute atomic E-state index is 12.8. The summed E-state index contributed by atoms with van der Waals surface area (Å²) in [4.78, 5) is 26.3. The van der Waals surface area contributed by atoms with Crippen molar-refractivity contribution in [3.05, 3.63) is 58.0 Å². The van der Waals surface area contributed by atoms with E-state index >= 15 is 0 Å². The molecule has 1 aliphatic heterocycles. The molecule has 0 atom stereocenters. The van der Waals surface area contributed by atoms with Gasteiger partial charge in [0.15, 0.2) is 0 Å². The topological polar surface area (TPSA) is 49.3 Å². The van der Waals surface area contributed by atoms with Crippen molar-refractivity contribution in [3.63, 3.8) is 0 Å². The van der Waals surface area contributed by atoms with E-state index in [1.54, 1.807) is 22.7 Å². The second-order valence-corrected chi connectivity index (χ2v) is 9.12. The predicted octanol–water partition coefficient (Wildman–Crippen LogP) is 3.97. The Morgan fingerprint density at radius 2 is 2.07 bits per heavy atom. The van der Waals surface area contributed by atoms with Gasteiger partial charge in [-0.2, -0.15) is 11.3 Å². The molecule has 7 heteroatoms. The molecule has 0 saturated carbocycles. The number of piperidine rings is 1. The molecule has 1 saturated heterocycles. The summed E-state index contributed by atoms with van der Waals surface area (Å²) in [6, 6.07) is 8.48. The summed E-state index contributed by atoms with van der Waals surface area (Å²) in [5, 5.41) is 7.16. The zero-order valence-electron chi connectivity index (χ0n) is 16.7. The van der Waals surface area contributed by atoms with Gasteiger partial charge in [-0.05, 0) is 36.4 Å². The number of likely N-dealkylation sites (tertiary alicyclic amines) is 1. The van der Waals surface area contributed by atoms with Crippen molar-refractivity contribution in [3.8, 4) is 10.6 Å². The zero-order chi connectivity index (χ0) is 20.1. The second-order valence-electron chi connectivity index (χ2n) is 7.48. The highest BCUT2D eigenvalue weighted by molar-refractivity contribution is 7.14. The Hall–Kier alpha value is -2.09. The van der Waals surface area contributed by atoms with E-state index in [2.05, 4.69) is 37.8 Å².